The number of ketones is 1. The van der Waals surface area contributed by atoms with E-state index in [1.54, 1.807) is 0 Å². The van der Waals surface area contributed by atoms with Gasteiger partial charge in [0.05, 0.1) is 6.20 Å². The average Bonchev–Trinajstić information content (AvgIpc) is 2.46. The van der Waals surface area contributed by atoms with Crippen LogP contribution in [-0.2, 0) is 11.3 Å². The lowest BCUT2D eigenvalue weighted by Crippen LogP contribution is -2.20. The lowest BCUT2D eigenvalue weighted by molar-refractivity contribution is -0.124. The summed E-state index contributed by atoms with van der Waals surface area (Å²) < 4.78 is 1.90. The van der Waals surface area contributed by atoms with E-state index < -0.39 is 0 Å². The third-order valence-electron chi connectivity index (χ3n) is 2.40. The summed E-state index contributed by atoms with van der Waals surface area (Å²) in [5, 5.41) is 4.17. The Balaban J connectivity index is 2.08. The van der Waals surface area contributed by atoms with Gasteiger partial charge in [0, 0.05) is 31.5 Å². The van der Waals surface area contributed by atoms with Crippen molar-refractivity contribution in [2.75, 3.05) is 0 Å². The summed E-state index contributed by atoms with van der Waals surface area (Å²) in [5.74, 6) is 0.835. The summed E-state index contributed by atoms with van der Waals surface area (Å²) in [6.07, 6.45) is 5.35. The van der Waals surface area contributed by atoms with Crippen LogP contribution in [0.25, 0.3) is 0 Å². The molecule has 0 saturated heterocycles. The van der Waals surface area contributed by atoms with Gasteiger partial charge in [-0.3, -0.25) is 9.48 Å². The minimum atomic E-state index is 0.379. The molecule has 64 valence electrons. The van der Waals surface area contributed by atoms with E-state index in [4.69, 9.17) is 0 Å². The van der Waals surface area contributed by atoms with E-state index in [9.17, 15) is 4.79 Å². The van der Waals surface area contributed by atoms with Crippen LogP contribution in [0, 0.1) is 0 Å². The van der Waals surface area contributed by atoms with Crippen molar-refractivity contribution >= 4 is 5.78 Å². The largest absolute Gasteiger partial charge is 0.300 e. The van der Waals surface area contributed by atoms with E-state index in [1.807, 2.05) is 17.1 Å². The van der Waals surface area contributed by atoms with E-state index in [2.05, 4.69) is 12.0 Å². The first kappa shape index (κ1) is 7.53. The Bertz CT molecular complexity index is 295. The van der Waals surface area contributed by atoms with Crippen LogP contribution in [0.15, 0.2) is 12.4 Å². The maximum atomic E-state index is 10.7. The summed E-state index contributed by atoms with van der Waals surface area (Å²) in [4.78, 5) is 10.7. The van der Waals surface area contributed by atoms with Crippen molar-refractivity contribution in [2.24, 2.45) is 0 Å². The Morgan fingerprint density at radius 2 is 2.42 bits per heavy atom. The van der Waals surface area contributed by atoms with Crippen LogP contribution in [0.4, 0.5) is 0 Å². The lowest BCUT2D eigenvalue weighted by atomic mass is 9.80. The van der Waals surface area contributed by atoms with Crippen LogP contribution in [0.2, 0.25) is 0 Å². The predicted molar refractivity (Wildman–Crippen MR) is 44.9 cm³/mol. The van der Waals surface area contributed by atoms with Gasteiger partial charge in [0.2, 0.25) is 0 Å². The van der Waals surface area contributed by atoms with Crippen molar-refractivity contribution in [3.8, 4) is 0 Å². The van der Waals surface area contributed by atoms with Crippen LogP contribution < -0.4 is 0 Å². The van der Waals surface area contributed by atoms with Gasteiger partial charge in [-0.1, -0.05) is 0 Å². The van der Waals surface area contributed by atoms with Gasteiger partial charge in [-0.15, -0.1) is 0 Å². The molecule has 0 atom stereocenters. The number of aromatic nitrogens is 2. The van der Waals surface area contributed by atoms with Crippen molar-refractivity contribution in [3.05, 3.63) is 18.0 Å². The standard InChI is InChI=1S/C9H12N2O/c1-2-11-6-8(5-10-11)7-3-9(12)4-7/h5-7H,2-4H2,1H3. The molecule has 0 unspecified atom stereocenters. The second-order valence-electron chi connectivity index (χ2n) is 3.27. The smallest absolute Gasteiger partial charge is 0.134 e. The number of Topliss-reactive ketones (excluding diaryl/α,β-unsaturated/α-hetero) is 1. The molecule has 3 nitrogen and oxygen atoms in total. The van der Waals surface area contributed by atoms with E-state index in [0.29, 0.717) is 11.7 Å². The topological polar surface area (TPSA) is 34.9 Å². The molecule has 2 rings (SSSR count). The molecule has 0 radical (unpaired) electrons. The number of carbonyl (C=O) groups is 1. The van der Waals surface area contributed by atoms with Gasteiger partial charge in [-0.2, -0.15) is 5.10 Å². The molecule has 1 aromatic rings. The predicted octanol–water partition coefficient (Wildman–Crippen LogP) is 1.35. The number of hydrogen-bond acceptors (Lipinski definition) is 2. The highest BCUT2D eigenvalue weighted by Gasteiger charge is 2.28. The highest BCUT2D eigenvalue weighted by atomic mass is 16.1. The molecule has 0 aromatic carbocycles. The second-order valence-corrected chi connectivity index (χ2v) is 3.27. The van der Waals surface area contributed by atoms with Crippen LogP contribution in [0.1, 0.15) is 31.2 Å². The summed E-state index contributed by atoms with van der Waals surface area (Å²) in [5.41, 5.74) is 1.22. The molecule has 1 fully saturated rings. The van der Waals surface area contributed by atoms with E-state index in [0.717, 1.165) is 19.4 Å². The van der Waals surface area contributed by atoms with Gasteiger partial charge < -0.3 is 0 Å². The van der Waals surface area contributed by atoms with Crippen molar-refractivity contribution in [2.45, 2.75) is 32.2 Å². The first-order valence-electron chi connectivity index (χ1n) is 4.33. The van der Waals surface area contributed by atoms with Crippen LogP contribution >= 0.6 is 0 Å². The maximum Gasteiger partial charge on any atom is 0.134 e. The van der Waals surface area contributed by atoms with Gasteiger partial charge in [-0.05, 0) is 12.5 Å². The molecule has 0 bridgehead atoms. The zero-order valence-corrected chi connectivity index (χ0v) is 7.16. The van der Waals surface area contributed by atoms with Crippen molar-refractivity contribution in [1.82, 2.24) is 9.78 Å². The summed E-state index contributed by atoms with van der Waals surface area (Å²) in [7, 11) is 0. The van der Waals surface area contributed by atoms with Crippen LogP contribution in [-0.4, -0.2) is 15.6 Å². The zero-order valence-electron chi connectivity index (χ0n) is 7.16. The lowest BCUT2D eigenvalue weighted by Gasteiger charge is -2.22. The number of nitrogens with zero attached hydrogens (tertiary/aromatic N) is 2. The van der Waals surface area contributed by atoms with Crippen molar-refractivity contribution in [1.29, 1.82) is 0 Å². The van der Waals surface area contributed by atoms with E-state index in [-0.39, 0.29) is 0 Å². The number of aryl methyl sites for hydroxylation is 1. The summed E-state index contributed by atoms with van der Waals surface area (Å²) >= 11 is 0. The average molecular weight is 164 g/mol. The zero-order chi connectivity index (χ0) is 8.55. The van der Waals surface area contributed by atoms with Crippen LogP contribution in [0.5, 0.6) is 0 Å². The fourth-order valence-electron chi connectivity index (χ4n) is 1.49. The molecular weight excluding hydrogens is 152 g/mol. The molecule has 0 spiro atoms. The molecule has 0 amide bonds. The monoisotopic (exact) mass is 164 g/mol. The molecule has 1 aliphatic carbocycles. The fraction of sp³-hybridized carbons (Fsp3) is 0.556. The van der Waals surface area contributed by atoms with Gasteiger partial charge in [-0.25, -0.2) is 0 Å². The molecule has 0 aliphatic heterocycles. The van der Waals surface area contributed by atoms with Crippen LogP contribution in [0.3, 0.4) is 0 Å². The third-order valence-corrected chi connectivity index (χ3v) is 2.40. The molecular formula is C9H12N2O. The molecule has 1 aromatic heterocycles. The molecule has 3 heteroatoms. The number of rotatable bonds is 2. The van der Waals surface area contributed by atoms with Gasteiger partial charge in [0.25, 0.3) is 0 Å². The highest BCUT2D eigenvalue weighted by molar-refractivity contribution is 5.86. The van der Waals surface area contributed by atoms with E-state index >= 15 is 0 Å². The first-order chi connectivity index (χ1) is 5.79. The summed E-state index contributed by atoms with van der Waals surface area (Å²) in [6.45, 7) is 2.96. The molecule has 1 aliphatic rings. The van der Waals surface area contributed by atoms with Crippen molar-refractivity contribution < 1.29 is 4.79 Å². The molecule has 1 heterocycles. The molecule has 12 heavy (non-hydrogen) atoms. The Morgan fingerprint density at radius 3 is 2.92 bits per heavy atom. The fourth-order valence-corrected chi connectivity index (χ4v) is 1.49. The second kappa shape index (κ2) is 2.73. The minimum Gasteiger partial charge on any atom is -0.300 e. The number of carbonyl (C=O) groups excluding carboxylic acids is 1. The van der Waals surface area contributed by atoms with Crippen molar-refractivity contribution in [3.63, 3.8) is 0 Å². The quantitative estimate of drug-likeness (QED) is 0.661. The number of hydrogen-bond donors (Lipinski definition) is 0. The maximum absolute atomic E-state index is 10.7. The van der Waals surface area contributed by atoms with E-state index in [1.165, 1.54) is 5.56 Å². The first-order valence-corrected chi connectivity index (χ1v) is 4.33. The molecule has 0 N–H and O–H groups in total. The Hall–Kier alpha value is -1.12. The van der Waals surface area contributed by atoms with Gasteiger partial charge in [0.15, 0.2) is 0 Å². The SMILES string of the molecule is CCn1cc(C2CC(=O)C2)cn1. The summed E-state index contributed by atoms with van der Waals surface area (Å²) in [6, 6.07) is 0. The van der Waals surface area contributed by atoms with Gasteiger partial charge in [0.1, 0.15) is 5.78 Å². The molecule has 1 saturated carbocycles. The highest BCUT2D eigenvalue weighted by Crippen LogP contribution is 2.32. The Morgan fingerprint density at radius 1 is 1.67 bits per heavy atom. The Labute approximate surface area is 71.4 Å². The Kier molecular flexibility index (Phi) is 1.71. The van der Waals surface area contributed by atoms with Gasteiger partial charge >= 0.3 is 0 Å². The normalized spacial score (nSPS) is 17.9. The minimum absolute atomic E-state index is 0.379. The third kappa shape index (κ3) is 1.15.